The van der Waals surface area contributed by atoms with Crippen LogP contribution in [-0.2, 0) is 6.42 Å². The lowest BCUT2D eigenvalue weighted by molar-refractivity contribution is 0.0810. The van der Waals surface area contributed by atoms with Crippen LogP contribution in [0.4, 0.5) is 0 Å². The summed E-state index contributed by atoms with van der Waals surface area (Å²) in [6, 6.07) is 7.02. The molecule has 2 saturated carbocycles. The zero-order valence-corrected chi connectivity index (χ0v) is 20.3. The van der Waals surface area contributed by atoms with Crippen LogP contribution in [0.2, 0.25) is 18.1 Å². The van der Waals surface area contributed by atoms with Gasteiger partial charge in [0.05, 0.1) is 6.61 Å². The Morgan fingerprint density at radius 3 is 2.62 bits per heavy atom. The first-order valence-corrected chi connectivity index (χ1v) is 14.6. The maximum atomic E-state index is 9.47. The van der Waals surface area contributed by atoms with Crippen molar-refractivity contribution in [3.8, 4) is 5.75 Å². The fraction of sp³-hybridized carbons (Fsp3) is 0.692. The highest BCUT2D eigenvalue weighted by molar-refractivity contribution is 6.74. The molecule has 1 N–H and O–H groups in total. The number of fused-ring (bicyclic) bond motifs is 5. The van der Waals surface area contributed by atoms with E-state index in [2.05, 4.69) is 65.1 Å². The summed E-state index contributed by atoms with van der Waals surface area (Å²) in [6.07, 6.45) is 9.68. The Balaban J connectivity index is 1.58. The van der Waals surface area contributed by atoms with Gasteiger partial charge in [0.25, 0.3) is 0 Å². The van der Waals surface area contributed by atoms with Gasteiger partial charge in [0.1, 0.15) is 5.75 Å². The third-order valence-electron chi connectivity index (χ3n) is 9.06. The molecule has 3 aliphatic rings. The van der Waals surface area contributed by atoms with Gasteiger partial charge in [-0.3, -0.25) is 0 Å². The van der Waals surface area contributed by atoms with Crippen LogP contribution in [0.15, 0.2) is 29.8 Å². The largest absolute Gasteiger partial charge is 0.543 e. The van der Waals surface area contributed by atoms with Crippen molar-refractivity contribution in [2.45, 2.75) is 90.3 Å². The van der Waals surface area contributed by atoms with Crippen LogP contribution in [0, 0.1) is 17.3 Å². The molecule has 0 saturated heterocycles. The second-order valence-corrected chi connectivity index (χ2v) is 16.3. The Hall–Kier alpha value is -1.06. The zero-order chi connectivity index (χ0) is 21.0. The van der Waals surface area contributed by atoms with Gasteiger partial charge in [0.2, 0.25) is 8.32 Å². The topological polar surface area (TPSA) is 29.5 Å². The summed E-state index contributed by atoms with van der Waals surface area (Å²) in [5, 5.41) is 9.69. The van der Waals surface area contributed by atoms with E-state index in [1.165, 1.54) is 49.7 Å². The summed E-state index contributed by atoms with van der Waals surface area (Å²) in [5.74, 6) is 3.39. The lowest BCUT2D eigenvalue weighted by atomic mass is 9.55. The summed E-state index contributed by atoms with van der Waals surface area (Å²) in [6.45, 7) is 14.3. The van der Waals surface area contributed by atoms with Gasteiger partial charge in [0, 0.05) is 0 Å². The minimum Gasteiger partial charge on any atom is -0.543 e. The number of hydrogen-bond acceptors (Lipinski definition) is 2. The zero-order valence-electron chi connectivity index (χ0n) is 19.3. The molecule has 3 aliphatic carbocycles. The van der Waals surface area contributed by atoms with Gasteiger partial charge in [-0.25, -0.2) is 0 Å². The van der Waals surface area contributed by atoms with Gasteiger partial charge < -0.3 is 9.53 Å². The molecule has 0 unspecified atom stereocenters. The van der Waals surface area contributed by atoms with Crippen molar-refractivity contribution in [1.29, 1.82) is 0 Å². The number of aliphatic hydroxyl groups excluding tert-OH is 1. The van der Waals surface area contributed by atoms with E-state index in [9.17, 15) is 5.11 Å². The predicted molar refractivity (Wildman–Crippen MR) is 124 cm³/mol. The number of allylic oxidation sites excluding steroid dienone is 1. The molecule has 0 heterocycles. The molecule has 0 spiro atoms. The van der Waals surface area contributed by atoms with Crippen molar-refractivity contribution in [2.75, 3.05) is 6.61 Å². The Kier molecular flexibility index (Phi) is 5.31. The van der Waals surface area contributed by atoms with Gasteiger partial charge in [0.15, 0.2) is 0 Å². The van der Waals surface area contributed by atoms with E-state index in [4.69, 9.17) is 4.43 Å². The molecule has 4 rings (SSSR count). The molecule has 0 radical (unpaired) electrons. The van der Waals surface area contributed by atoms with Crippen LogP contribution in [-0.4, -0.2) is 20.0 Å². The summed E-state index contributed by atoms with van der Waals surface area (Å²) in [7, 11) is -1.80. The quantitative estimate of drug-likeness (QED) is 0.435. The highest BCUT2D eigenvalue weighted by Gasteiger charge is 2.52. The molecular formula is C26H40O2Si. The molecule has 1 aromatic rings. The Labute approximate surface area is 178 Å². The van der Waals surface area contributed by atoms with Crippen molar-refractivity contribution in [3.63, 3.8) is 0 Å². The lowest BCUT2D eigenvalue weighted by Crippen LogP contribution is -2.44. The van der Waals surface area contributed by atoms with E-state index < -0.39 is 8.32 Å². The molecule has 160 valence electrons. The Bertz CT molecular complexity index is 803. The van der Waals surface area contributed by atoms with E-state index in [1.54, 1.807) is 5.56 Å². The first-order valence-electron chi connectivity index (χ1n) is 11.7. The first-order chi connectivity index (χ1) is 13.6. The molecular weight excluding hydrogens is 372 g/mol. The second-order valence-electron chi connectivity index (χ2n) is 11.5. The molecule has 2 nitrogen and oxygen atoms in total. The third kappa shape index (κ3) is 3.52. The van der Waals surface area contributed by atoms with Crippen molar-refractivity contribution in [2.24, 2.45) is 17.3 Å². The van der Waals surface area contributed by atoms with Crippen LogP contribution >= 0.6 is 0 Å². The van der Waals surface area contributed by atoms with Crippen molar-refractivity contribution >= 4 is 8.32 Å². The predicted octanol–water partition coefficient (Wildman–Crippen LogP) is 6.85. The molecule has 29 heavy (non-hydrogen) atoms. The maximum Gasteiger partial charge on any atom is 0.250 e. The second kappa shape index (κ2) is 7.27. The fourth-order valence-corrected chi connectivity index (χ4v) is 7.39. The third-order valence-corrected chi connectivity index (χ3v) is 13.4. The van der Waals surface area contributed by atoms with Crippen LogP contribution < -0.4 is 4.43 Å². The lowest BCUT2D eigenvalue weighted by Gasteiger charge is -2.49. The molecule has 4 atom stereocenters. The van der Waals surface area contributed by atoms with Crippen LogP contribution in [0.3, 0.4) is 0 Å². The van der Waals surface area contributed by atoms with E-state index in [-0.39, 0.29) is 11.6 Å². The highest BCUT2D eigenvalue weighted by atomic mass is 28.4. The van der Waals surface area contributed by atoms with Crippen molar-refractivity contribution in [3.05, 3.63) is 41.0 Å². The number of rotatable bonds is 3. The average Bonchev–Trinajstić information content (AvgIpc) is 2.97. The first kappa shape index (κ1) is 21.2. The van der Waals surface area contributed by atoms with Crippen LogP contribution in [0.5, 0.6) is 5.75 Å². The normalized spacial score (nSPS) is 33.2. The summed E-state index contributed by atoms with van der Waals surface area (Å²) < 4.78 is 6.60. The maximum absolute atomic E-state index is 9.47. The van der Waals surface area contributed by atoms with E-state index in [1.807, 2.05) is 0 Å². The van der Waals surface area contributed by atoms with Gasteiger partial charge in [-0.1, -0.05) is 45.4 Å². The smallest absolute Gasteiger partial charge is 0.250 e. The summed E-state index contributed by atoms with van der Waals surface area (Å²) >= 11 is 0. The minimum absolute atomic E-state index is 0.200. The van der Waals surface area contributed by atoms with Gasteiger partial charge >= 0.3 is 0 Å². The molecule has 0 aromatic heterocycles. The fourth-order valence-electron chi connectivity index (χ4n) is 6.36. The van der Waals surface area contributed by atoms with E-state index >= 15 is 0 Å². The molecule has 0 amide bonds. The monoisotopic (exact) mass is 412 g/mol. The minimum atomic E-state index is -1.80. The average molecular weight is 413 g/mol. The number of aliphatic hydroxyl groups is 1. The van der Waals surface area contributed by atoms with E-state index in [0.717, 1.165) is 17.6 Å². The number of aryl methyl sites for hydroxylation is 1. The summed E-state index contributed by atoms with van der Waals surface area (Å²) in [4.78, 5) is 0. The van der Waals surface area contributed by atoms with Gasteiger partial charge in [-0.15, -0.1) is 0 Å². The summed E-state index contributed by atoms with van der Waals surface area (Å²) in [5.41, 5.74) is 5.00. The number of benzene rings is 1. The Morgan fingerprint density at radius 1 is 1.17 bits per heavy atom. The van der Waals surface area contributed by atoms with Crippen molar-refractivity contribution < 1.29 is 9.53 Å². The molecule has 0 aliphatic heterocycles. The highest BCUT2D eigenvalue weighted by Crippen LogP contribution is 2.62. The van der Waals surface area contributed by atoms with Gasteiger partial charge in [-0.2, -0.15) is 0 Å². The Morgan fingerprint density at radius 2 is 1.93 bits per heavy atom. The standard InChI is InChI=1S/C26H40O2Si/c1-25(2,3)29(5,6)28-20-9-11-21-18(17-20)7-10-23-22(21)13-15-26(4)19(14-16-27)8-12-24(23)26/h9,11,14,17,22-24,27H,7-8,10,12-13,15-16H2,1-6H3/t22-,23-,24+,26-/m1/s1. The molecule has 3 heteroatoms. The molecule has 0 bridgehead atoms. The van der Waals surface area contributed by atoms with Gasteiger partial charge in [-0.05, 0) is 103 Å². The van der Waals surface area contributed by atoms with Crippen LogP contribution in [0.1, 0.15) is 76.8 Å². The van der Waals surface area contributed by atoms with E-state index in [0.29, 0.717) is 11.3 Å². The number of hydrogen-bond donors (Lipinski definition) is 1. The van der Waals surface area contributed by atoms with Crippen LogP contribution in [0.25, 0.3) is 0 Å². The SMILES string of the molecule is CC(C)(C)[Si](C)(C)Oc1ccc2c(c1)CC[C@@H]1[C@@H]2CC[C@]2(C)C(=CCO)CC[C@@H]12. The molecule has 1 aromatic carbocycles. The molecule has 2 fully saturated rings. The van der Waals surface area contributed by atoms with Crippen molar-refractivity contribution in [1.82, 2.24) is 0 Å².